The van der Waals surface area contributed by atoms with Gasteiger partial charge in [-0.3, -0.25) is 0 Å². The lowest BCUT2D eigenvalue weighted by molar-refractivity contribution is 0.515. The van der Waals surface area contributed by atoms with E-state index >= 15 is 0 Å². The number of nitrogen functional groups attached to an aromatic ring is 1. The van der Waals surface area contributed by atoms with Crippen molar-refractivity contribution >= 4 is 28.1 Å². The maximum atomic E-state index is 5.87. The van der Waals surface area contributed by atoms with Crippen LogP contribution in [0, 0.1) is 0 Å². The number of imidazole rings is 1. The summed E-state index contributed by atoms with van der Waals surface area (Å²) in [7, 11) is 0. The molecule has 0 fully saturated rings. The van der Waals surface area contributed by atoms with Gasteiger partial charge < -0.3 is 10.3 Å². The molecule has 0 bridgehead atoms. The van der Waals surface area contributed by atoms with Gasteiger partial charge in [-0.1, -0.05) is 20.8 Å². The number of aromatic nitrogens is 3. The van der Waals surface area contributed by atoms with Crippen LogP contribution in [0.15, 0.2) is 29.1 Å². The number of hydrogen-bond donors (Lipinski definition) is 1. The Kier molecular flexibility index (Phi) is 3.01. The number of nitrogens with zero attached hydrogens (tertiary/aromatic N) is 3. The van der Waals surface area contributed by atoms with E-state index in [0.717, 1.165) is 34.8 Å². The number of rotatable bonds is 2. The highest BCUT2D eigenvalue weighted by molar-refractivity contribution is 7.07. The predicted octanol–water partition coefficient (Wildman–Crippen LogP) is 3.42. The molecule has 0 saturated carbocycles. The Bertz CT molecular complexity index is 735. The fraction of sp³-hybridized carbons (Fsp3) is 0.333. The first-order valence-electron chi connectivity index (χ1n) is 6.58. The zero-order valence-electron chi connectivity index (χ0n) is 11.9. The van der Waals surface area contributed by atoms with Gasteiger partial charge in [0.2, 0.25) is 0 Å². The third kappa shape index (κ3) is 2.29. The molecule has 0 atom stereocenters. The van der Waals surface area contributed by atoms with Gasteiger partial charge in [0.25, 0.3) is 0 Å². The van der Waals surface area contributed by atoms with Crippen molar-refractivity contribution in [3.8, 4) is 0 Å². The summed E-state index contributed by atoms with van der Waals surface area (Å²) in [6.45, 7) is 7.27. The maximum absolute atomic E-state index is 5.87. The van der Waals surface area contributed by atoms with Crippen LogP contribution in [0.5, 0.6) is 0 Å². The number of benzene rings is 1. The highest BCUT2D eigenvalue weighted by Crippen LogP contribution is 2.28. The Morgan fingerprint density at radius 1 is 1.30 bits per heavy atom. The number of thiazole rings is 1. The molecule has 5 heteroatoms. The average Bonchev–Trinajstić information content (AvgIpc) is 2.97. The average molecular weight is 286 g/mol. The minimum atomic E-state index is -0.0240. The predicted molar refractivity (Wildman–Crippen MR) is 84.1 cm³/mol. The van der Waals surface area contributed by atoms with Crippen LogP contribution in [-0.2, 0) is 12.0 Å². The summed E-state index contributed by atoms with van der Waals surface area (Å²) in [5.41, 5.74) is 11.6. The Balaban J connectivity index is 2.20. The van der Waals surface area contributed by atoms with E-state index in [2.05, 4.69) is 35.7 Å². The lowest BCUT2D eigenvalue weighted by atomic mass is 9.95. The van der Waals surface area contributed by atoms with Crippen LogP contribution in [0.4, 0.5) is 5.69 Å². The van der Waals surface area contributed by atoms with E-state index in [4.69, 9.17) is 10.7 Å². The second kappa shape index (κ2) is 4.59. The third-order valence-corrected chi connectivity index (χ3v) is 3.88. The molecule has 2 heterocycles. The van der Waals surface area contributed by atoms with Crippen LogP contribution in [-0.4, -0.2) is 14.5 Å². The van der Waals surface area contributed by atoms with Crippen LogP contribution in [0.1, 0.15) is 32.3 Å². The van der Waals surface area contributed by atoms with E-state index in [0.29, 0.717) is 0 Å². The molecule has 0 aliphatic rings. The van der Waals surface area contributed by atoms with E-state index in [9.17, 15) is 0 Å². The van der Waals surface area contributed by atoms with E-state index in [-0.39, 0.29) is 5.41 Å². The molecule has 0 aliphatic heterocycles. The van der Waals surface area contributed by atoms with Crippen LogP contribution < -0.4 is 5.73 Å². The van der Waals surface area contributed by atoms with Crippen LogP contribution in [0.25, 0.3) is 11.0 Å². The van der Waals surface area contributed by atoms with Gasteiger partial charge in [-0.05, 0) is 18.2 Å². The first-order chi connectivity index (χ1) is 9.45. The SMILES string of the molecule is CC(C)(C)c1nc2cc(N)ccc2n1Cc1cscn1. The highest BCUT2D eigenvalue weighted by atomic mass is 32.1. The summed E-state index contributed by atoms with van der Waals surface area (Å²) in [4.78, 5) is 9.17. The molecule has 1 aromatic carbocycles. The number of anilines is 1. The summed E-state index contributed by atoms with van der Waals surface area (Å²) in [6, 6.07) is 5.90. The summed E-state index contributed by atoms with van der Waals surface area (Å²) in [6.07, 6.45) is 0. The Hall–Kier alpha value is -1.88. The molecule has 0 spiro atoms. The smallest absolute Gasteiger partial charge is 0.115 e. The minimum Gasteiger partial charge on any atom is -0.399 e. The van der Waals surface area contributed by atoms with Crippen LogP contribution in [0.3, 0.4) is 0 Å². The van der Waals surface area contributed by atoms with Crippen molar-refractivity contribution in [2.45, 2.75) is 32.7 Å². The molecule has 0 radical (unpaired) electrons. The quantitative estimate of drug-likeness (QED) is 0.734. The van der Waals surface area contributed by atoms with Crippen molar-refractivity contribution in [1.29, 1.82) is 0 Å². The molecule has 2 N–H and O–H groups in total. The number of fused-ring (bicyclic) bond motifs is 1. The Morgan fingerprint density at radius 2 is 2.10 bits per heavy atom. The van der Waals surface area contributed by atoms with Gasteiger partial charge >= 0.3 is 0 Å². The molecular weight excluding hydrogens is 268 g/mol. The number of hydrogen-bond acceptors (Lipinski definition) is 4. The van der Waals surface area contributed by atoms with Crippen molar-refractivity contribution in [1.82, 2.24) is 14.5 Å². The molecule has 0 unspecified atom stereocenters. The van der Waals surface area contributed by atoms with Gasteiger partial charge in [-0.25, -0.2) is 9.97 Å². The van der Waals surface area contributed by atoms with Gasteiger partial charge in [0.15, 0.2) is 0 Å². The standard InChI is InChI=1S/C15H18N4S/c1-15(2,3)14-18-12-6-10(16)4-5-13(12)19(14)7-11-8-20-9-17-11/h4-6,8-9H,7,16H2,1-3H3. The monoisotopic (exact) mass is 286 g/mol. The van der Waals surface area contributed by atoms with E-state index in [1.807, 2.05) is 23.7 Å². The molecule has 4 nitrogen and oxygen atoms in total. The summed E-state index contributed by atoms with van der Waals surface area (Å²) in [5, 5.41) is 2.08. The summed E-state index contributed by atoms with van der Waals surface area (Å²) < 4.78 is 2.24. The fourth-order valence-corrected chi connectivity index (χ4v) is 2.91. The van der Waals surface area contributed by atoms with Crippen LogP contribution in [0.2, 0.25) is 0 Å². The van der Waals surface area contributed by atoms with E-state index in [1.54, 1.807) is 11.3 Å². The molecular formula is C15H18N4S. The van der Waals surface area contributed by atoms with Crippen molar-refractivity contribution in [3.05, 3.63) is 40.6 Å². The first-order valence-corrected chi connectivity index (χ1v) is 7.53. The molecule has 0 saturated heterocycles. The van der Waals surface area contributed by atoms with E-state index in [1.165, 1.54) is 0 Å². The van der Waals surface area contributed by atoms with Crippen molar-refractivity contribution < 1.29 is 0 Å². The second-order valence-electron chi connectivity index (χ2n) is 6.00. The summed E-state index contributed by atoms with van der Waals surface area (Å²) in [5.74, 6) is 1.06. The molecule has 20 heavy (non-hydrogen) atoms. The molecule has 2 aromatic heterocycles. The van der Waals surface area contributed by atoms with Crippen molar-refractivity contribution in [2.24, 2.45) is 0 Å². The van der Waals surface area contributed by atoms with Crippen molar-refractivity contribution in [2.75, 3.05) is 5.73 Å². The second-order valence-corrected chi connectivity index (χ2v) is 6.72. The molecule has 0 amide bonds. The molecule has 3 aromatic rings. The van der Waals surface area contributed by atoms with Gasteiger partial charge in [0, 0.05) is 16.5 Å². The third-order valence-electron chi connectivity index (χ3n) is 3.25. The van der Waals surface area contributed by atoms with Crippen molar-refractivity contribution in [3.63, 3.8) is 0 Å². The van der Waals surface area contributed by atoms with Crippen LogP contribution >= 0.6 is 11.3 Å². The fourth-order valence-electron chi connectivity index (χ4n) is 2.36. The highest BCUT2D eigenvalue weighted by Gasteiger charge is 2.23. The maximum Gasteiger partial charge on any atom is 0.115 e. The van der Waals surface area contributed by atoms with E-state index < -0.39 is 0 Å². The molecule has 104 valence electrons. The number of nitrogens with two attached hydrogens (primary N) is 1. The molecule has 3 rings (SSSR count). The lowest BCUT2D eigenvalue weighted by Crippen LogP contribution is -2.19. The topological polar surface area (TPSA) is 56.7 Å². The molecule has 0 aliphatic carbocycles. The van der Waals surface area contributed by atoms with Gasteiger partial charge in [-0.2, -0.15) is 0 Å². The lowest BCUT2D eigenvalue weighted by Gasteiger charge is -2.19. The van der Waals surface area contributed by atoms with Gasteiger partial charge in [0.05, 0.1) is 28.8 Å². The zero-order valence-corrected chi connectivity index (χ0v) is 12.7. The first kappa shape index (κ1) is 13.1. The summed E-state index contributed by atoms with van der Waals surface area (Å²) >= 11 is 1.62. The Labute approximate surface area is 122 Å². The minimum absolute atomic E-state index is 0.0240. The largest absolute Gasteiger partial charge is 0.399 e. The normalized spacial score (nSPS) is 12.2. The van der Waals surface area contributed by atoms with Gasteiger partial charge in [0.1, 0.15) is 5.82 Å². The zero-order chi connectivity index (χ0) is 14.3. The Morgan fingerprint density at radius 3 is 2.75 bits per heavy atom. The van der Waals surface area contributed by atoms with Gasteiger partial charge in [-0.15, -0.1) is 11.3 Å².